The molecule has 0 heterocycles. The Morgan fingerprint density at radius 1 is 0.967 bits per heavy atom. The monoisotopic (exact) mass is 444 g/mol. The van der Waals surface area contributed by atoms with Gasteiger partial charge in [0, 0.05) is 20.1 Å². The number of nitrogens with two attached hydrogens (primary N) is 1. The summed E-state index contributed by atoms with van der Waals surface area (Å²) in [5.41, 5.74) is 2.40. The lowest BCUT2D eigenvalue weighted by atomic mass is 10.1. The zero-order valence-corrected chi connectivity index (χ0v) is 17.1. The first kappa shape index (κ1) is 23.6. The minimum absolute atomic E-state index is 0.0426. The van der Waals surface area contributed by atoms with Crippen LogP contribution in [0.3, 0.4) is 0 Å². The number of hydrogen-bond donors (Lipinski definition) is 3. The maximum Gasteiger partial charge on any atom is 0.411 e. The van der Waals surface area contributed by atoms with Crippen molar-refractivity contribution in [3.8, 4) is 0 Å². The maximum absolute atomic E-state index is 12.1. The zero-order chi connectivity index (χ0) is 22.2. The Balaban J connectivity index is 1.80. The van der Waals surface area contributed by atoms with Gasteiger partial charge in [-0.25, -0.2) is 13.6 Å². The van der Waals surface area contributed by atoms with Gasteiger partial charge in [0.2, 0.25) is 10.0 Å². The van der Waals surface area contributed by atoms with Gasteiger partial charge in [0.1, 0.15) is 6.61 Å². The molecule has 0 spiro atoms. The first-order chi connectivity index (χ1) is 14.1. The molecular formula is C19H23F3N4O3S. The number of nitrogens with one attached hydrogen (secondary N) is 2. The Morgan fingerprint density at radius 3 is 1.87 bits per heavy atom. The molecule has 2 aromatic carbocycles. The van der Waals surface area contributed by atoms with Crippen LogP contribution < -0.4 is 15.8 Å². The molecule has 30 heavy (non-hydrogen) atoms. The fourth-order valence-corrected chi connectivity index (χ4v) is 2.94. The first-order valence-electron chi connectivity index (χ1n) is 8.85. The summed E-state index contributed by atoms with van der Waals surface area (Å²) in [6, 6.07) is 13.2. The quantitative estimate of drug-likeness (QED) is 0.428. The van der Waals surface area contributed by atoms with Gasteiger partial charge in [0.25, 0.3) is 0 Å². The van der Waals surface area contributed by atoms with Crippen molar-refractivity contribution in [3.05, 3.63) is 65.2 Å². The predicted octanol–water partition coefficient (Wildman–Crippen LogP) is 2.28. The summed E-state index contributed by atoms with van der Waals surface area (Å²) in [5.74, 6) is 0.531. The lowest BCUT2D eigenvalue weighted by Gasteiger charge is -2.13. The maximum atomic E-state index is 12.1. The third kappa shape index (κ3) is 8.39. The highest BCUT2D eigenvalue weighted by atomic mass is 32.2. The second kappa shape index (κ2) is 10.4. The summed E-state index contributed by atoms with van der Waals surface area (Å²) < 4.78 is 63.4. The van der Waals surface area contributed by atoms with E-state index in [1.807, 2.05) is 0 Å². The Hall–Kier alpha value is -2.63. The molecule has 0 radical (unpaired) electrons. The summed E-state index contributed by atoms with van der Waals surface area (Å²) >= 11 is 0. The van der Waals surface area contributed by atoms with Crippen molar-refractivity contribution in [1.29, 1.82) is 0 Å². The fourth-order valence-electron chi connectivity index (χ4n) is 2.43. The molecule has 0 atom stereocenters. The lowest BCUT2D eigenvalue weighted by Crippen LogP contribution is -2.36. The number of sulfonamides is 1. The van der Waals surface area contributed by atoms with Crippen molar-refractivity contribution in [2.24, 2.45) is 10.1 Å². The minimum atomic E-state index is -4.34. The van der Waals surface area contributed by atoms with Crippen molar-refractivity contribution in [2.45, 2.75) is 30.8 Å². The average Bonchev–Trinajstić information content (AvgIpc) is 2.68. The van der Waals surface area contributed by atoms with Crippen LogP contribution in [0.25, 0.3) is 0 Å². The Morgan fingerprint density at radius 2 is 1.43 bits per heavy atom. The molecule has 0 aliphatic rings. The van der Waals surface area contributed by atoms with Crippen molar-refractivity contribution in [3.63, 3.8) is 0 Å². The molecule has 0 saturated carbocycles. The number of nitrogens with zero attached hydrogens (tertiary/aromatic N) is 1. The normalized spacial score (nSPS) is 12.6. The molecule has 0 aromatic heterocycles. The van der Waals surface area contributed by atoms with E-state index in [-0.39, 0.29) is 11.5 Å². The van der Waals surface area contributed by atoms with E-state index in [1.54, 1.807) is 43.4 Å². The highest BCUT2D eigenvalue weighted by Crippen LogP contribution is 2.16. The predicted molar refractivity (Wildman–Crippen MR) is 107 cm³/mol. The second-order valence-corrected chi connectivity index (χ2v) is 7.95. The number of benzene rings is 2. The number of aliphatic imine (C=N–C) groups is 1. The second-order valence-electron chi connectivity index (χ2n) is 6.39. The van der Waals surface area contributed by atoms with E-state index in [4.69, 9.17) is 5.14 Å². The van der Waals surface area contributed by atoms with E-state index >= 15 is 0 Å². The van der Waals surface area contributed by atoms with Crippen molar-refractivity contribution in [1.82, 2.24) is 10.6 Å². The van der Waals surface area contributed by atoms with E-state index in [0.29, 0.717) is 24.6 Å². The summed E-state index contributed by atoms with van der Waals surface area (Å²) in [6.07, 6.45) is -4.34. The number of alkyl halides is 3. The molecular weight excluding hydrogens is 421 g/mol. The van der Waals surface area contributed by atoms with Crippen molar-refractivity contribution >= 4 is 16.0 Å². The molecule has 4 N–H and O–H groups in total. The highest BCUT2D eigenvalue weighted by Gasteiger charge is 2.27. The summed E-state index contributed by atoms with van der Waals surface area (Å²) in [6.45, 7) is -0.516. The third-order valence-electron chi connectivity index (χ3n) is 3.95. The molecule has 7 nitrogen and oxygen atoms in total. The molecule has 0 saturated heterocycles. The zero-order valence-electron chi connectivity index (χ0n) is 16.2. The van der Waals surface area contributed by atoms with Gasteiger partial charge >= 0.3 is 6.18 Å². The molecule has 2 aromatic rings. The van der Waals surface area contributed by atoms with E-state index in [2.05, 4.69) is 20.4 Å². The number of primary sulfonamides is 1. The van der Waals surface area contributed by atoms with E-state index in [0.717, 1.165) is 11.1 Å². The minimum Gasteiger partial charge on any atom is -0.367 e. The van der Waals surface area contributed by atoms with Crippen molar-refractivity contribution < 1.29 is 26.3 Å². The average molecular weight is 444 g/mol. The molecule has 0 bridgehead atoms. The molecule has 11 heteroatoms. The molecule has 2 rings (SSSR count). The van der Waals surface area contributed by atoms with Gasteiger partial charge in [0.15, 0.2) is 5.96 Å². The number of rotatable bonds is 8. The van der Waals surface area contributed by atoms with Crippen LogP contribution in [-0.2, 0) is 34.5 Å². The van der Waals surface area contributed by atoms with Gasteiger partial charge in [-0.05, 0) is 28.8 Å². The van der Waals surface area contributed by atoms with Crippen LogP contribution >= 0.6 is 0 Å². The van der Waals surface area contributed by atoms with E-state index in [9.17, 15) is 21.6 Å². The Labute approximate surface area is 173 Å². The van der Waals surface area contributed by atoms with Crippen molar-refractivity contribution in [2.75, 3.05) is 13.7 Å². The van der Waals surface area contributed by atoms with Crippen LogP contribution in [0.15, 0.2) is 58.4 Å². The van der Waals surface area contributed by atoms with Crippen LogP contribution in [0, 0.1) is 0 Å². The number of guanidine groups is 1. The molecule has 0 unspecified atom stereocenters. The van der Waals surface area contributed by atoms with Crippen LogP contribution in [-0.4, -0.2) is 34.2 Å². The molecule has 0 aliphatic heterocycles. The molecule has 164 valence electrons. The fraction of sp³-hybridized carbons (Fsp3) is 0.316. The topological polar surface area (TPSA) is 106 Å². The number of hydrogen-bond acceptors (Lipinski definition) is 4. The third-order valence-corrected chi connectivity index (χ3v) is 4.88. The van der Waals surface area contributed by atoms with Crippen LogP contribution in [0.2, 0.25) is 0 Å². The largest absolute Gasteiger partial charge is 0.411 e. The van der Waals surface area contributed by atoms with Crippen LogP contribution in [0.1, 0.15) is 16.7 Å². The highest BCUT2D eigenvalue weighted by molar-refractivity contribution is 7.89. The van der Waals surface area contributed by atoms with Gasteiger partial charge < -0.3 is 15.4 Å². The van der Waals surface area contributed by atoms with Crippen LogP contribution in [0.5, 0.6) is 0 Å². The standard InChI is InChI=1S/C19H23F3N4O3S/c1-24-18(26-11-15-6-8-17(9-7-15)30(23,27)28)25-10-14-2-4-16(5-3-14)12-29-13-19(20,21)22/h2-9H,10-13H2,1H3,(H2,23,27,28)(H2,24,25,26). The van der Waals surface area contributed by atoms with E-state index < -0.39 is 22.8 Å². The van der Waals surface area contributed by atoms with Gasteiger partial charge in [-0.1, -0.05) is 36.4 Å². The van der Waals surface area contributed by atoms with Gasteiger partial charge in [-0.2, -0.15) is 13.2 Å². The van der Waals surface area contributed by atoms with Gasteiger partial charge in [-0.15, -0.1) is 0 Å². The Kier molecular flexibility index (Phi) is 8.21. The van der Waals surface area contributed by atoms with E-state index in [1.165, 1.54) is 12.1 Å². The van der Waals surface area contributed by atoms with Gasteiger partial charge in [-0.3, -0.25) is 4.99 Å². The van der Waals surface area contributed by atoms with Gasteiger partial charge in [0.05, 0.1) is 11.5 Å². The smallest absolute Gasteiger partial charge is 0.367 e. The summed E-state index contributed by atoms with van der Waals surface area (Å²) in [7, 11) is -2.11. The molecule has 0 aliphatic carbocycles. The first-order valence-corrected chi connectivity index (χ1v) is 10.4. The Bertz CT molecular complexity index is 944. The van der Waals surface area contributed by atoms with Crippen LogP contribution in [0.4, 0.5) is 13.2 Å². The number of ether oxygens (including phenoxy) is 1. The molecule has 0 fully saturated rings. The SMILES string of the molecule is CN=C(NCc1ccc(COCC(F)(F)F)cc1)NCc1ccc(S(N)(=O)=O)cc1. The number of halogens is 3. The summed E-state index contributed by atoms with van der Waals surface area (Å²) in [5, 5.41) is 11.3. The lowest BCUT2D eigenvalue weighted by molar-refractivity contribution is -0.176. The molecule has 0 amide bonds. The summed E-state index contributed by atoms with van der Waals surface area (Å²) in [4.78, 5) is 4.15.